The van der Waals surface area contributed by atoms with Crippen molar-refractivity contribution in [1.29, 1.82) is 0 Å². The number of fused-ring (bicyclic) bond motifs is 1. The number of rotatable bonds is 6. The van der Waals surface area contributed by atoms with Gasteiger partial charge in [0.05, 0.1) is 6.61 Å². The third-order valence-corrected chi connectivity index (χ3v) is 4.72. The molecule has 2 heterocycles. The first-order valence-corrected chi connectivity index (χ1v) is 8.35. The van der Waals surface area contributed by atoms with E-state index in [9.17, 15) is 19.5 Å². The number of amides is 3. The number of piperidine rings is 1. The Bertz CT molecular complexity index is 702. The Hall–Kier alpha value is -2.29. The Morgan fingerprint density at radius 3 is 2.84 bits per heavy atom. The molecule has 1 saturated heterocycles. The van der Waals surface area contributed by atoms with Crippen molar-refractivity contribution in [3.63, 3.8) is 0 Å². The number of carbonyl (C=O) groups excluding carboxylic acids is 3. The quantitative estimate of drug-likeness (QED) is 0.483. The monoisotopic (exact) mass is 346 g/mol. The van der Waals surface area contributed by atoms with Gasteiger partial charge in [-0.25, -0.2) is 0 Å². The first-order chi connectivity index (χ1) is 12.0. The zero-order valence-electron chi connectivity index (χ0n) is 13.8. The van der Waals surface area contributed by atoms with Crippen LogP contribution in [-0.2, 0) is 22.7 Å². The average Bonchev–Trinajstić information content (AvgIpc) is 2.93. The van der Waals surface area contributed by atoms with Crippen molar-refractivity contribution < 1.29 is 19.5 Å². The molecule has 1 unspecified atom stereocenters. The Morgan fingerprint density at radius 2 is 2.16 bits per heavy atom. The molecule has 1 aromatic rings. The summed E-state index contributed by atoms with van der Waals surface area (Å²) >= 11 is 0. The van der Waals surface area contributed by atoms with Gasteiger partial charge < -0.3 is 21.1 Å². The molecule has 1 aromatic carbocycles. The SMILES string of the molecule is NC[C@@H](CO)NCc1cccc2c1C(=O)N(C1CCC(=O)NC1=O)C2. The Labute approximate surface area is 145 Å². The topological polar surface area (TPSA) is 125 Å². The van der Waals surface area contributed by atoms with E-state index >= 15 is 0 Å². The number of nitrogens with two attached hydrogens (primary N) is 1. The van der Waals surface area contributed by atoms with Crippen molar-refractivity contribution in [1.82, 2.24) is 15.5 Å². The normalized spacial score (nSPS) is 21.3. The summed E-state index contributed by atoms with van der Waals surface area (Å²) in [5.74, 6) is -0.914. The molecular weight excluding hydrogens is 324 g/mol. The fourth-order valence-corrected chi connectivity index (χ4v) is 3.31. The number of aliphatic hydroxyl groups is 1. The summed E-state index contributed by atoms with van der Waals surface area (Å²) in [6.45, 7) is 0.971. The molecule has 25 heavy (non-hydrogen) atoms. The summed E-state index contributed by atoms with van der Waals surface area (Å²) in [6.07, 6.45) is 0.581. The summed E-state index contributed by atoms with van der Waals surface area (Å²) in [5, 5.41) is 14.6. The third kappa shape index (κ3) is 3.41. The van der Waals surface area contributed by atoms with E-state index in [1.54, 1.807) is 0 Å². The molecule has 0 aliphatic carbocycles. The number of aliphatic hydroxyl groups excluding tert-OH is 1. The molecule has 0 bridgehead atoms. The van der Waals surface area contributed by atoms with Gasteiger partial charge in [0.1, 0.15) is 6.04 Å². The number of nitrogens with one attached hydrogen (secondary N) is 2. The van der Waals surface area contributed by atoms with Crippen molar-refractivity contribution in [3.05, 3.63) is 34.9 Å². The van der Waals surface area contributed by atoms with Crippen LogP contribution < -0.4 is 16.4 Å². The van der Waals surface area contributed by atoms with Crippen LogP contribution in [0.2, 0.25) is 0 Å². The highest BCUT2D eigenvalue weighted by Crippen LogP contribution is 2.29. The average molecular weight is 346 g/mol. The lowest BCUT2D eigenvalue weighted by Gasteiger charge is -2.29. The van der Waals surface area contributed by atoms with E-state index in [0.29, 0.717) is 31.6 Å². The first kappa shape index (κ1) is 17.5. The molecule has 0 spiro atoms. The van der Waals surface area contributed by atoms with Crippen LogP contribution >= 0.6 is 0 Å². The van der Waals surface area contributed by atoms with Crippen molar-refractivity contribution >= 4 is 17.7 Å². The molecule has 5 N–H and O–H groups in total. The lowest BCUT2D eigenvalue weighted by atomic mass is 10.0. The minimum Gasteiger partial charge on any atom is -0.395 e. The highest BCUT2D eigenvalue weighted by atomic mass is 16.3. The summed E-state index contributed by atoms with van der Waals surface area (Å²) in [6, 6.07) is 4.73. The van der Waals surface area contributed by atoms with Gasteiger partial charge in [-0.3, -0.25) is 19.7 Å². The second-order valence-electron chi connectivity index (χ2n) is 6.35. The van der Waals surface area contributed by atoms with Gasteiger partial charge in [0, 0.05) is 37.7 Å². The highest BCUT2D eigenvalue weighted by Gasteiger charge is 2.39. The second-order valence-corrected chi connectivity index (χ2v) is 6.35. The zero-order chi connectivity index (χ0) is 18.0. The number of benzene rings is 1. The van der Waals surface area contributed by atoms with Crippen LogP contribution in [-0.4, -0.2) is 53.0 Å². The smallest absolute Gasteiger partial charge is 0.255 e. The van der Waals surface area contributed by atoms with Crippen molar-refractivity contribution in [2.45, 2.75) is 38.0 Å². The third-order valence-electron chi connectivity index (χ3n) is 4.72. The van der Waals surface area contributed by atoms with Gasteiger partial charge in [0.25, 0.3) is 5.91 Å². The van der Waals surface area contributed by atoms with Crippen molar-refractivity contribution in [2.75, 3.05) is 13.2 Å². The van der Waals surface area contributed by atoms with Crippen LogP contribution in [0.3, 0.4) is 0 Å². The fourth-order valence-electron chi connectivity index (χ4n) is 3.31. The molecule has 0 radical (unpaired) electrons. The number of hydrogen-bond donors (Lipinski definition) is 4. The van der Waals surface area contributed by atoms with Gasteiger partial charge in [-0.2, -0.15) is 0 Å². The van der Waals surface area contributed by atoms with E-state index in [-0.39, 0.29) is 30.9 Å². The predicted molar refractivity (Wildman–Crippen MR) is 89.3 cm³/mol. The summed E-state index contributed by atoms with van der Waals surface area (Å²) < 4.78 is 0. The van der Waals surface area contributed by atoms with E-state index in [2.05, 4.69) is 10.6 Å². The van der Waals surface area contributed by atoms with Crippen molar-refractivity contribution in [3.8, 4) is 0 Å². The molecule has 2 aliphatic rings. The van der Waals surface area contributed by atoms with Crippen molar-refractivity contribution in [2.24, 2.45) is 5.73 Å². The van der Waals surface area contributed by atoms with Crippen LogP contribution in [0.5, 0.6) is 0 Å². The number of carbonyl (C=O) groups is 3. The van der Waals surface area contributed by atoms with Gasteiger partial charge in [-0.05, 0) is 17.5 Å². The first-order valence-electron chi connectivity index (χ1n) is 8.35. The molecular formula is C17H22N4O4. The summed E-state index contributed by atoms with van der Waals surface area (Å²) in [7, 11) is 0. The van der Waals surface area contributed by atoms with Crippen LogP contribution in [0, 0.1) is 0 Å². The van der Waals surface area contributed by atoms with Gasteiger partial charge in [0.15, 0.2) is 0 Å². The van der Waals surface area contributed by atoms with Crippen LogP contribution in [0.15, 0.2) is 18.2 Å². The predicted octanol–water partition coefficient (Wildman–Crippen LogP) is -1.14. The standard InChI is InChI=1S/C17H22N4O4/c18-6-12(9-22)19-7-10-2-1-3-11-8-21(17(25)15(10)11)13-4-5-14(23)20-16(13)24/h1-3,12-13,19,22H,4-9,18H2,(H,20,23,24)/t12-,13?/m0/s1. The van der Waals surface area contributed by atoms with Gasteiger partial charge >= 0.3 is 0 Å². The minimum absolute atomic E-state index is 0.0815. The van der Waals surface area contributed by atoms with E-state index in [1.165, 1.54) is 4.90 Å². The number of imide groups is 1. The summed E-state index contributed by atoms with van der Waals surface area (Å²) in [5.41, 5.74) is 7.83. The summed E-state index contributed by atoms with van der Waals surface area (Å²) in [4.78, 5) is 37.8. The zero-order valence-corrected chi connectivity index (χ0v) is 13.8. The Kier molecular flexibility index (Phi) is 5.12. The largest absolute Gasteiger partial charge is 0.395 e. The molecule has 3 rings (SSSR count). The second kappa shape index (κ2) is 7.30. The van der Waals surface area contributed by atoms with Gasteiger partial charge in [-0.1, -0.05) is 18.2 Å². The highest BCUT2D eigenvalue weighted by molar-refractivity contribution is 6.05. The minimum atomic E-state index is -0.618. The molecule has 0 aromatic heterocycles. The Balaban J connectivity index is 1.78. The van der Waals surface area contributed by atoms with Gasteiger partial charge in [0.2, 0.25) is 11.8 Å². The molecule has 3 amide bonds. The van der Waals surface area contributed by atoms with E-state index in [4.69, 9.17) is 5.73 Å². The van der Waals surface area contributed by atoms with Gasteiger partial charge in [-0.15, -0.1) is 0 Å². The number of hydrogen-bond acceptors (Lipinski definition) is 6. The maximum atomic E-state index is 12.9. The van der Waals surface area contributed by atoms with E-state index in [1.807, 2.05) is 18.2 Å². The van der Waals surface area contributed by atoms with Crippen LogP contribution in [0.25, 0.3) is 0 Å². The molecule has 1 fully saturated rings. The number of nitrogens with zero attached hydrogens (tertiary/aromatic N) is 1. The molecule has 2 atom stereocenters. The van der Waals surface area contributed by atoms with Crippen LogP contribution in [0.4, 0.5) is 0 Å². The molecule has 8 nitrogen and oxygen atoms in total. The molecule has 134 valence electrons. The maximum Gasteiger partial charge on any atom is 0.255 e. The van der Waals surface area contributed by atoms with E-state index in [0.717, 1.165) is 11.1 Å². The Morgan fingerprint density at radius 1 is 1.36 bits per heavy atom. The fraction of sp³-hybridized carbons (Fsp3) is 0.471. The van der Waals surface area contributed by atoms with Crippen LogP contribution in [0.1, 0.15) is 34.3 Å². The van der Waals surface area contributed by atoms with E-state index < -0.39 is 11.9 Å². The lowest BCUT2D eigenvalue weighted by Crippen LogP contribution is -2.52. The molecule has 0 saturated carbocycles. The maximum absolute atomic E-state index is 12.9. The lowest BCUT2D eigenvalue weighted by molar-refractivity contribution is -0.136. The molecule has 8 heteroatoms. The molecule has 2 aliphatic heterocycles.